The number of aromatic nitrogens is 3. The fourth-order valence-electron chi connectivity index (χ4n) is 2.60. The summed E-state index contributed by atoms with van der Waals surface area (Å²) in [6.07, 6.45) is 0. The number of ether oxygens (including phenoxy) is 1. The summed E-state index contributed by atoms with van der Waals surface area (Å²) < 4.78 is 7.43. The molecule has 0 atom stereocenters. The third-order valence-corrected chi connectivity index (χ3v) is 4.91. The van der Waals surface area contributed by atoms with E-state index in [1.807, 2.05) is 47.9 Å². The number of nitrogens with zero attached hydrogens (tertiary/aromatic N) is 3. The smallest absolute Gasteiger partial charge is 0.230 e. The molecule has 0 radical (unpaired) electrons. The van der Waals surface area contributed by atoms with Crippen molar-refractivity contribution < 1.29 is 14.6 Å². The molecular weight excluding hydrogens is 376 g/mol. The SMILES string of the molecule is CCn1c(SCC(=O)NCCOc2ccccc2)nnc1-c1ccccc1O. The van der Waals surface area contributed by atoms with Crippen LogP contribution in [0.4, 0.5) is 0 Å². The number of phenolic OH excluding ortho intramolecular Hbond substituents is 1. The molecule has 0 aliphatic rings. The monoisotopic (exact) mass is 398 g/mol. The Labute approximate surface area is 167 Å². The topological polar surface area (TPSA) is 89.3 Å². The maximum atomic E-state index is 12.1. The summed E-state index contributed by atoms with van der Waals surface area (Å²) in [5, 5.41) is 21.9. The van der Waals surface area contributed by atoms with Gasteiger partial charge in [0.05, 0.1) is 17.9 Å². The normalized spacial score (nSPS) is 10.6. The van der Waals surface area contributed by atoms with E-state index in [1.165, 1.54) is 11.8 Å². The van der Waals surface area contributed by atoms with Crippen LogP contribution in [-0.4, -0.2) is 44.7 Å². The van der Waals surface area contributed by atoms with E-state index in [-0.39, 0.29) is 17.4 Å². The average Bonchev–Trinajstić information content (AvgIpc) is 3.13. The van der Waals surface area contributed by atoms with Crippen LogP contribution < -0.4 is 10.1 Å². The lowest BCUT2D eigenvalue weighted by molar-refractivity contribution is -0.118. The van der Waals surface area contributed by atoms with Crippen LogP contribution >= 0.6 is 11.8 Å². The summed E-state index contributed by atoms with van der Waals surface area (Å²) in [6.45, 7) is 3.43. The molecule has 8 heteroatoms. The predicted octanol–water partition coefficient (Wildman–Crippen LogP) is 2.96. The Morgan fingerprint density at radius 3 is 2.64 bits per heavy atom. The molecule has 2 aromatic carbocycles. The molecule has 0 fully saturated rings. The highest BCUT2D eigenvalue weighted by molar-refractivity contribution is 7.99. The Morgan fingerprint density at radius 1 is 1.14 bits per heavy atom. The maximum Gasteiger partial charge on any atom is 0.230 e. The molecule has 3 rings (SSSR count). The standard InChI is InChI=1S/C20H22N4O3S/c1-2-24-19(16-10-6-7-11-17(16)25)22-23-20(24)28-14-18(26)21-12-13-27-15-8-4-3-5-9-15/h3-11,25H,2,12-14H2,1H3,(H,21,26). The number of hydrogen-bond donors (Lipinski definition) is 2. The highest BCUT2D eigenvalue weighted by Crippen LogP contribution is 2.29. The number of phenols is 1. The lowest BCUT2D eigenvalue weighted by Gasteiger charge is -2.09. The first kappa shape index (κ1) is 19.8. The van der Waals surface area contributed by atoms with Crippen LogP contribution in [0.15, 0.2) is 59.8 Å². The Morgan fingerprint density at radius 2 is 1.89 bits per heavy atom. The number of hydrogen-bond acceptors (Lipinski definition) is 6. The van der Waals surface area contributed by atoms with E-state index in [2.05, 4.69) is 15.5 Å². The number of aromatic hydroxyl groups is 1. The van der Waals surface area contributed by atoms with Gasteiger partial charge in [-0.3, -0.25) is 4.79 Å². The van der Waals surface area contributed by atoms with Crippen LogP contribution in [0.3, 0.4) is 0 Å². The van der Waals surface area contributed by atoms with E-state index < -0.39 is 0 Å². The minimum absolute atomic E-state index is 0.101. The average molecular weight is 398 g/mol. The molecule has 2 N–H and O–H groups in total. The Hall–Kier alpha value is -3.00. The minimum Gasteiger partial charge on any atom is -0.507 e. The van der Waals surface area contributed by atoms with Gasteiger partial charge in [0.25, 0.3) is 0 Å². The van der Waals surface area contributed by atoms with Crippen LogP contribution in [0.5, 0.6) is 11.5 Å². The van der Waals surface area contributed by atoms with Crippen LogP contribution in [0.25, 0.3) is 11.4 Å². The summed E-state index contributed by atoms with van der Waals surface area (Å²) in [5.74, 6) is 1.64. The molecule has 0 unspecified atom stereocenters. The van der Waals surface area contributed by atoms with Gasteiger partial charge in [0.1, 0.15) is 18.1 Å². The fourth-order valence-corrected chi connectivity index (χ4v) is 3.43. The molecular formula is C20H22N4O3S. The third-order valence-electron chi connectivity index (χ3n) is 3.95. The molecule has 0 bridgehead atoms. The van der Waals surface area contributed by atoms with Crippen molar-refractivity contribution in [1.82, 2.24) is 20.1 Å². The van der Waals surface area contributed by atoms with Crippen molar-refractivity contribution in [3.05, 3.63) is 54.6 Å². The van der Waals surface area contributed by atoms with Gasteiger partial charge in [-0.15, -0.1) is 10.2 Å². The molecule has 1 aromatic heterocycles. The number of nitrogens with one attached hydrogen (secondary N) is 1. The van der Waals surface area contributed by atoms with Gasteiger partial charge >= 0.3 is 0 Å². The molecule has 3 aromatic rings. The highest BCUT2D eigenvalue weighted by atomic mass is 32.2. The van der Waals surface area contributed by atoms with E-state index in [0.717, 1.165) is 5.75 Å². The second-order valence-electron chi connectivity index (χ2n) is 5.87. The number of benzene rings is 2. The molecule has 1 heterocycles. The first-order valence-corrected chi connectivity index (χ1v) is 9.96. The zero-order valence-electron chi connectivity index (χ0n) is 15.5. The molecule has 7 nitrogen and oxygen atoms in total. The number of amides is 1. The number of rotatable bonds is 9. The first-order chi connectivity index (χ1) is 13.7. The quantitative estimate of drug-likeness (QED) is 0.426. The van der Waals surface area contributed by atoms with Gasteiger partial charge in [0, 0.05) is 6.54 Å². The zero-order valence-corrected chi connectivity index (χ0v) is 16.4. The van der Waals surface area contributed by atoms with Crippen molar-refractivity contribution in [2.24, 2.45) is 0 Å². The summed E-state index contributed by atoms with van der Waals surface area (Å²) in [4.78, 5) is 12.1. The van der Waals surface area contributed by atoms with Gasteiger partial charge in [0.2, 0.25) is 5.91 Å². The minimum atomic E-state index is -0.101. The van der Waals surface area contributed by atoms with Crippen molar-refractivity contribution >= 4 is 17.7 Å². The van der Waals surface area contributed by atoms with Crippen molar-refractivity contribution in [1.29, 1.82) is 0 Å². The Balaban J connectivity index is 1.50. The van der Waals surface area contributed by atoms with Gasteiger partial charge in [-0.1, -0.05) is 42.1 Å². The molecule has 0 spiro atoms. The van der Waals surface area contributed by atoms with Crippen molar-refractivity contribution in [2.45, 2.75) is 18.6 Å². The van der Waals surface area contributed by atoms with Gasteiger partial charge < -0.3 is 19.7 Å². The van der Waals surface area contributed by atoms with Gasteiger partial charge in [-0.25, -0.2) is 0 Å². The van der Waals surface area contributed by atoms with E-state index in [4.69, 9.17) is 4.74 Å². The lowest BCUT2D eigenvalue weighted by atomic mass is 10.2. The number of carbonyl (C=O) groups excluding carboxylic acids is 1. The van der Waals surface area contributed by atoms with E-state index in [1.54, 1.807) is 18.2 Å². The number of thioether (sulfide) groups is 1. The number of carbonyl (C=O) groups is 1. The largest absolute Gasteiger partial charge is 0.507 e. The van der Waals surface area contributed by atoms with Crippen molar-refractivity contribution in [3.63, 3.8) is 0 Å². The van der Waals surface area contributed by atoms with Gasteiger partial charge in [-0.2, -0.15) is 0 Å². The first-order valence-electron chi connectivity index (χ1n) is 8.98. The van der Waals surface area contributed by atoms with Crippen molar-refractivity contribution in [3.8, 4) is 22.9 Å². The Kier molecular flexibility index (Phi) is 6.91. The van der Waals surface area contributed by atoms with E-state index in [0.29, 0.717) is 36.2 Å². The fraction of sp³-hybridized carbons (Fsp3) is 0.250. The van der Waals surface area contributed by atoms with Gasteiger partial charge in [-0.05, 0) is 31.2 Å². The molecule has 1 amide bonds. The van der Waals surface area contributed by atoms with Gasteiger partial charge in [0.15, 0.2) is 11.0 Å². The molecule has 28 heavy (non-hydrogen) atoms. The molecule has 146 valence electrons. The second kappa shape index (κ2) is 9.80. The highest BCUT2D eigenvalue weighted by Gasteiger charge is 2.16. The molecule has 0 saturated heterocycles. The third kappa shape index (κ3) is 5.04. The maximum absolute atomic E-state index is 12.1. The zero-order chi connectivity index (χ0) is 19.8. The summed E-state index contributed by atoms with van der Waals surface area (Å²) in [7, 11) is 0. The van der Waals surface area contributed by atoms with Crippen LogP contribution in [0.1, 0.15) is 6.92 Å². The van der Waals surface area contributed by atoms with Crippen molar-refractivity contribution in [2.75, 3.05) is 18.9 Å². The van der Waals surface area contributed by atoms with Crippen LogP contribution in [0, 0.1) is 0 Å². The Bertz CT molecular complexity index is 915. The summed E-state index contributed by atoms with van der Waals surface area (Å²) in [6, 6.07) is 16.5. The van der Waals surface area contributed by atoms with Crippen LogP contribution in [0.2, 0.25) is 0 Å². The molecule has 0 aliphatic heterocycles. The lowest BCUT2D eigenvalue weighted by Crippen LogP contribution is -2.29. The predicted molar refractivity (Wildman–Crippen MR) is 108 cm³/mol. The van der Waals surface area contributed by atoms with Crippen LogP contribution in [-0.2, 0) is 11.3 Å². The van der Waals surface area contributed by atoms with E-state index >= 15 is 0 Å². The molecule has 0 saturated carbocycles. The second-order valence-corrected chi connectivity index (χ2v) is 6.81. The van der Waals surface area contributed by atoms with E-state index in [9.17, 15) is 9.90 Å². The summed E-state index contributed by atoms with van der Waals surface area (Å²) >= 11 is 1.31. The number of para-hydroxylation sites is 2. The molecule has 0 aliphatic carbocycles. The summed E-state index contributed by atoms with van der Waals surface area (Å²) in [5.41, 5.74) is 0.617.